The number of carbonyl (C=O) groups excluding carboxylic acids is 1. The van der Waals surface area contributed by atoms with E-state index in [0.717, 1.165) is 17.8 Å². The highest BCUT2D eigenvalue weighted by Crippen LogP contribution is 2.17. The molecule has 0 saturated carbocycles. The van der Waals surface area contributed by atoms with E-state index in [1.54, 1.807) is 24.0 Å². The predicted octanol–water partition coefficient (Wildman–Crippen LogP) is 1.44. The van der Waals surface area contributed by atoms with Crippen molar-refractivity contribution in [1.82, 2.24) is 24.9 Å². The summed E-state index contributed by atoms with van der Waals surface area (Å²) in [5.74, 6) is -0.129. The van der Waals surface area contributed by atoms with Crippen LogP contribution in [0.1, 0.15) is 41.6 Å². The van der Waals surface area contributed by atoms with E-state index in [2.05, 4.69) is 15.5 Å². The maximum absolute atomic E-state index is 12.1. The molecule has 2 aromatic rings. The third-order valence-electron chi connectivity index (χ3n) is 3.31. The molecule has 0 aliphatic rings. The third kappa shape index (κ3) is 2.52. The topological polar surface area (TPSA) is 64.7 Å². The molecule has 2 heterocycles. The van der Waals surface area contributed by atoms with Gasteiger partial charge in [-0.25, -0.2) is 0 Å². The zero-order chi connectivity index (χ0) is 14.0. The van der Waals surface area contributed by atoms with Crippen molar-refractivity contribution in [2.24, 2.45) is 7.05 Å². The number of hydrogen-bond acceptors (Lipinski definition) is 3. The van der Waals surface area contributed by atoms with Crippen LogP contribution >= 0.6 is 0 Å². The predicted molar refractivity (Wildman–Crippen MR) is 71.7 cm³/mol. The van der Waals surface area contributed by atoms with E-state index >= 15 is 0 Å². The second-order valence-corrected chi connectivity index (χ2v) is 4.54. The first kappa shape index (κ1) is 13.3. The number of nitrogens with one attached hydrogen (secondary N) is 1. The molecule has 0 aliphatic carbocycles. The average Bonchev–Trinajstić information content (AvgIpc) is 2.95. The van der Waals surface area contributed by atoms with Gasteiger partial charge in [-0.1, -0.05) is 0 Å². The molecule has 0 spiro atoms. The summed E-state index contributed by atoms with van der Waals surface area (Å²) in [7, 11) is 1.75. The van der Waals surface area contributed by atoms with Crippen molar-refractivity contribution < 1.29 is 4.79 Å². The molecule has 0 aliphatic heterocycles. The number of amides is 1. The standard InChI is InChI=1S/C13H19N5O/c1-5-18-10(3)11(8-15-18)9(2)16-13(19)12-6-7-14-17(12)4/h6-9H,5H2,1-4H3,(H,16,19). The van der Waals surface area contributed by atoms with Crippen LogP contribution in [0.25, 0.3) is 0 Å². The lowest BCUT2D eigenvalue weighted by Gasteiger charge is -2.14. The Labute approximate surface area is 112 Å². The molecule has 2 rings (SSSR count). The van der Waals surface area contributed by atoms with Gasteiger partial charge in [-0.2, -0.15) is 10.2 Å². The number of carbonyl (C=O) groups is 1. The van der Waals surface area contributed by atoms with E-state index in [-0.39, 0.29) is 11.9 Å². The number of aromatic nitrogens is 4. The van der Waals surface area contributed by atoms with Crippen LogP contribution < -0.4 is 5.32 Å². The Balaban J connectivity index is 2.13. The van der Waals surface area contributed by atoms with E-state index in [1.165, 1.54) is 0 Å². The van der Waals surface area contributed by atoms with Gasteiger partial charge in [0.2, 0.25) is 0 Å². The lowest BCUT2D eigenvalue weighted by atomic mass is 10.1. The molecular formula is C13H19N5O. The quantitative estimate of drug-likeness (QED) is 0.905. The average molecular weight is 261 g/mol. The van der Waals surface area contributed by atoms with Crippen LogP contribution in [-0.4, -0.2) is 25.5 Å². The van der Waals surface area contributed by atoms with Crippen LogP contribution in [0.3, 0.4) is 0 Å². The Morgan fingerprint density at radius 1 is 1.47 bits per heavy atom. The Morgan fingerprint density at radius 3 is 2.74 bits per heavy atom. The fourth-order valence-corrected chi connectivity index (χ4v) is 2.15. The molecule has 0 aromatic carbocycles. The van der Waals surface area contributed by atoms with Crippen molar-refractivity contribution in [3.05, 3.63) is 35.4 Å². The summed E-state index contributed by atoms with van der Waals surface area (Å²) in [6.45, 7) is 6.84. The summed E-state index contributed by atoms with van der Waals surface area (Å²) in [5.41, 5.74) is 2.67. The van der Waals surface area contributed by atoms with E-state index in [0.29, 0.717) is 5.69 Å². The summed E-state index contributed by atoms with van der Waals surface area (Å²) >= 11 is 0. The maximum Gasteiger partial charge on any atom is 0.270 e. The zero-order valence-electron chi connectivity index (χ0n) is 11.7. The van der Waals surface area contributed by atoms with Crippen LogP contribution in [0, 0.1) is 6.92 Å². The Morgan fingerprint density at radius 2 is 2.21 bits per heavy atom. The van der Waals surface area contributed by atoms with Crippen molar-refractivity contribution >= 4 is 5.91 Å². The number of hydrogen-bond donors (Lipinski definition) is 1. The van der Waals surface area contributed by atoms with E-state index < -0.39 is 0 Å². The van der Waals surface area contributed by atoms with Crippen LogP contribution in [0.5, 0.6) is 0 Å². The minimum Gasteiger partial charge on any atom is -0.344 e. The summed E-state index contributed by atoms with van der Waals surface area (Å²) in [6.07, 6.45) is 3.42. The molecule has 0 fully saturated rings. The summed E-state index contributed by atoms with van der Waals surface area (Å²) in [4.78, 5) is 12.1. The van der Waals surface area contributed by atoms with Crippen molar-refractivity contribution in [3.63, 3.8) is 0 Å². The first-order valence-corrected chi connectivity index (χ1v) is 6.35. The molecule has 2 aromatic heterocycles. The van der Waals surface area contributed by atoms with Crippen molar-refractivity contribution in [2.75, 3.05) is 0 Å². The van der Waals surface area contributed by atoms with Gasteiger partial charge in [0.1, 0.15) is 5.69 Å². The van der Waals surface area contributed by atoms with E-state index in [9.17, 15) is 4.79 Å². The molecule has 0 radical (unpaired) electrons. The fourth-order valence-electron chi connectivity index (χ4n) is 2.15. The van der Waals surface area contributed by atoms with Gasteiger partial charge >= 0.3 is 0 Å². The highest BCUT2D eigenvalue weighted by atomic mass is 16.2. The summed E-state index contributed by atoms with van der Waals surface area (Å²) in [6, 6.07) is 1.62. The molecule has 102 valence electrons. The first-order chi connectivity index (χ1) is 9.04. The van der Waals surface area contributed by atoms with Crippen LogP contribution in [0.2, 0.25) is 0 Å². The fraction of sp³-hybridized carbons (Fsp3) is 0.462. The van der Waals surface area contributed by atoms with Crippen LogP contribution in [-0.2, 0) is 13.6 Å². The van der Waals surface area contributed by atoms with Crippen molar-refractivity contribution in [3.8, 4) is 0 Å². The largest absolute Gasteiger partial charge is 0.344 e. The highest BCUT2D eigenvalue weighted by molar-refractivity contribution is 5.92. The summed E-state index contributed by atoms with van der Waals surface area (Å²) in [5, 5.41) is 11.2. The SMILES string of the molecule is CCn1ncc(C(C)NC(=O)c2ccnn2C)c1C. The van der Waals surface area contributed by atoms with Crippen molar-refractivity contribution in [2.45, 2.75) is 33.4 Å². The Hall–Kier alpha value is -2.11. The first-order valence-electron chi connectivity index (χ1n) is 6.35. The maximum atomic E-state index is 12.1. The highest BCUT2D eigenvalue weighted by Gasteiger charge is 2.17. The second kappa shape index (κ2) is 5.26. The molecule has 0 bridgehead atoms. The monoisotopic (exact) mass is 261 g/mol. The van der Waals surface area contributed by atoms with Gasteiger partial charge < -0.3 is 5.32 Å². The van der Waals surface area contributed by atoms with Gasteiger partial charge in [0, 0.05) is 31.0 Å². The van der Waals surface area contributed by atoms with Gasteiger partial charge in [0.05, 0.1) is 12.2 Å². The molecule has 0 saturated heterocycles. The normalized spacial score (nSPS) is 12.4. The van der Waals surface area contributed by atoms with Crippen LogP contribution in [0.15, 0.2) is 18.5 Å². The molecule has 1 unspecified atom stereocenters. The van der Waals surface area contributed by atoms with Crippen LogP contribution in [0.4, 0.5) is 0 Å². The molecule has 1 atom stereocenters. The molecule has 1 amide bonds. The van der Waals surface area contributed by atoms with Gasteiger partial charge in [0.15, 0.2) is 0 Å². The van der Waals surface area contributed by atoms with Gasteiger partial charge in [-0.15, -0.1) is 0 Å². The second-order valence-electron chi connectivity index (χ2n) is 4.54. The smallest absolute Gasteiger partial charge is 0.270 e. The number of nitrogens with zero attached hydrogens (tertiary/aromatic N) is 4. The summed E-state index contributed by atoms with van der Waals surface area (Å²) < 4.78 is 3.48. The van der Waals surface area contributed by atoms with E-state index in [4.69, 9.17) is 0 Å². The van der Waals surface area contributed by atoms with Gasteiger partial charge in [-0.05, 0) is 26.8 Å². The van der Waals surface area contributed by atoms with E-state index in [1.807, 2.05) is 31.6 Å². The molecule has 6 heteroatoms. The molecule has 1 N–H and O–H groups in total. The minimum absolute atomic E-state index is 0.0808. The van der Waals surface area contributed by atoms with Gasteiger partial charge in [-0.3, -0.25) is 14.2 Å². The van der Waals surface area contributed by atoms with Gasteiger partial charge in [0.25, 0.3) is 5.91 Å². The number of aryl methyl sites for hydroxylation is 2. The molecule has 6 nitrogen and oxygen atoms in total. The Bertz CT molecular complexity index is 584. The number of rotatable bonds is 4. The Kier molecular flexibility index (Phi) is 3.69. The van der Waals surface area contributed by atoms with Crippen molar-refractivity contribution in [1.29, 1.82) is 0 Å². The zero-order valence-corrected chi connectivity index (χ0v) is 11.7. The molecule has 19 heavy (non-hydrogen) atoms. The third-order valence-corrected chi connectivity index (χ3v) is 3.31. The molecular weight excluding hydrogens is 242 g/mol. The minimum atomic E-state index is -0.129. The lowest BCUT2D eigenvalue weighted by molar-refractivity contribution is 0.0930. The lowest BCUT2D eigenvalue weighted by Crippen LogP contribution is -2.28.